The van der Waals surface area contributed by atoms with E-state index in [0.29, 0.717) is 12.1 Å². The van der Waals surface area contributed by atoms with Crippen LogP contribution in [0.4, 0.5) is 0 Å². The van der Waals surface area contributed by atoms with Crippen molar-refractivity contribution in [3.05, 3.63) is 59.2 Å². The van der Waals surface area contributed by atoms with E-state index < -0.39 is 0 Å². The third-order valence-electron chi connectivity index (χ3n) is 4.75. The van der Waals surface area contributed by atoms with Crippen LogP contribution < -0.4 is 20.1 Å². The molecule has 0 radical (unpaired) electrons. The van der Waals surface area contributed by atoms with E-state index in [9.17, 15) is 4.79 Å². The molecule has 0 unspecified atom stereocenters. The predicted octanol–water partition coefficient (Wildman–Crippen LogP) is 3.71. The molecular formula is C24H35IN4O3. The lowest BCUT2D eigenvalue weighted by Crippen LogP contribution is -2.37. The Labute approximate surface area is 208 Å². The minimum absolute atomic E-state index is 0. The van der Waals surface area contributed by atoms with Gasteiger partial charge >= 0.3 is 0 Å². The first-order chi connectivity index (χ1) is 15.0. The number of carbonyl (C=O) groups excluding carboxylic acids is 1. The van der Waals surface area contributed by atoms with E-state index in [1.165, 1.54) is 5.56 Å². The van der Waals surface area contributed by atoms with Crippen LogP contribution in [0.15, 0.2) is 47.5 Å². The molecule has 0 aliphatic heterocycles. The molecular weight excluding hydrogens is 519 g/mol. The molecule has 7 nitrogen and oxygen atoms in total. The number of benzene rings is 2. The number of aliphatic imine (C=N–C) groups is 1. The number of nitrogens with one attached hydrogen (secondary N) is 2. The van der Waals surface area contributed by atoms with E-state index >= 15 is 0 Å². The van der Waals surface area contributed by atoms with Gasteiger partial charge in [-0.15, -0.1) is 24.0 Å². The molecule has 0 heterocycles. The number of hydrogen-bond donors (Lipinski definition) is 2. The summed E-state index contributed by atoms with van der Waals surface area (Å²) in [6, 6.07) is 13.6. The molecule has 0 saturated heterocycles. The summed E-state index contributed by atoms with van der Waals surface area (Å²) < 4.78 is 10.7. The highest BCUT2D eigenvalue weighted by molar-refractivity contribution is 14.0. The first kappa shape index (κ1) is 27.5. The maximum absolute atomic E-state index is 12.0. The molecule has 2 rings (SSSR count). The summed E-state index contributed by atoms with van der Waals surface area (Å²) in [7, 11) is 6.79. The fourth-order valence-corrected chi connectivity index (χ4v) is 3.06. The monoisotopic (exact) mass is 554 g/mol. The van der Waals surface area contributed by atoms with Crippen molar-refractivity contribution in [2.24, 2.45) is 4.99 Å². The van der Waals surface area contributed by atoms with Crippen molar-refractivity contribution in [1.82, 2.24) is 15.5 Å². The summed E-state index contributed by atoms with van der Waals surface area (Å²) in [5.74, 6) is 2.27. The number of halogens is 1. The third-order valence-corrected chi connectivity index (χ3v) is 4.75. The Kier molecular flexibility index (Phi) is 12.5. The summed E-state index contributed by atoms with van der Waals surface area (Å²) in [5.41, 5.74) is 2.93. The van der Waals surface area contributed by atoms with Crippen molar-refractivity contribution in [3.8, 4) is 11.5 Å². The first-order valence-electron chi connectivity index (χ1n) is 10.5. The Hall–Kier alpha value is -2.49. The highest BCUT2D eigenvalue weighted by atomic mass is 127. The number of nitrogens with zero attached hydrogens (tertiary/aromatic N) is 2. The average molecular weight is 554 g/mol. The molecule has 0 aromatic heterocycles. The van der Waals surface area contributed by atoms with E-state index in [4.69, 9.17) is 9.47 Å². The van der Waals surface area contributed by atoms with Crippen LogP contribution in [-0.4, -0.2) is 58.2 Å². The number of ether oxygens (including phenoxy) is 2. The Bertz CT molecular complexity index is 870. The standard InChI is InChI=1S/C24H34N4O3.HI/c1-6-25-24(27-17-19-9-12-20(13-10-19)23(29)28(2)3)26-15-7-8-18-11-14-21(30-4)22(16-18)31-5;/h9-14,16H,6-8,15,17H2,1-5H3,(H2,25,26,27);1H. The molecule has 0 saturated carbocycles. The van der Waals surface area contributed by atoms with Crippen molar-refractivity contribution >= 4 is 35.8 Å². The lowest BCUT2D eigenvalue weighted by molar-refractivity contribution is 0.0827. The van der Waals surface area contributed by atoms with Gasteiger partial charge in [-0.05, 0) is 55.2 Å². The van der Waals surface area contributed by atoms with Crippen molar-refractivity contribution in [2.45, 2.75) is 26.3 Å². The number of amides is 1. The summed E-state index contributed by atoms with van der Waals surface area (Å²) in [6.45, 7) is 4.18. The number of carbonyl (C=O) groups is 1. The van der Waals surface area contributed by atoms with Gasteiger partial charge in [0.15, 0.2) is 17.5 Å². The average Bonchev–Trinajstić information content (AvgIpc) is 2.79. The Morgan fingerprint density at radius 2 is 1.62 bits per heavy atom. The van der Waals surface area contributed by atoms with Gasteiger partial charge in [-0.25, -0.2) is 4.99 Å². The second-order valence-corrected chi connectivity index (χ2v) is 7.31. The zero-order valence-corrected chi connectivity index (χ0v) is 21.9. The van der Waals surface area contributed by atoms with Gasteiger partial charge in [0.1, 0.15) is 0 Å². The number of rotatable bonds is 10. The number of guanidine groups is 1. The molecule has 0 fully saturated rings. The van der Waals surface area contributed by atoms with Gasteiger partial charge in [0.05, 0.1) is 20.8 Å². The zero-order chi connectivity index (χ0) is 22.6. The normalized spacial score (nSPS) is 10.7. The largest absolute Gasteiger partial charge is 0.493 e. The van der Waals surface area contributed by atoms with Crippen molar-refractivity contribution < 1.29 is 14.3 Å². The highest BCUT2D eigenvalue weighted by Crippen LogP contribution is 2.27. The van der Waals surface area contributed by atoms with E-state index in [0.717, 1.165) is 49.0 Å². The van der Waals surface area contributed by atoms with E-state index in [-0.39, 0.29) is 29.9 Å². The van der Waals surface area contributed by atoms with Crippen LogP contribution in [0.3, 0.4) is 0 Å². The molecule has 0 atom stereocenters. The zero-order valence-electron chi connectivity index (χ0n) is 19.6. The van der Waals surface area contributed by atoms with Crippen molar-refractivity contribution in [1.29, 1.82) is 0 Å². The summed E-state index contributed by atoms with van der Waals surface area (Å²) in [5, 5.41) is 6.65. The molecule has 8 heteroatoms. The van der Waals surface area contributed by atoms with Gasteiger partial charge in [-0.3, -0.25) is 4.79 Å². The molecule has 1 amide bonds. The minimum Gasteiger partial charge on any atom is -0.493 e. The summed E-state index contributed by atoms with van der Waals surface area (Å²) in [6.07, 6.45) is 1.88. The van der Waals surface area contributed by atoms with Crippen molar-refractivity contribution in [2.75, 3.05) is 41.4 Å². The predicted molar refractivity (Wildman–Crippen MR) is 141 cm³/mol. The molecule has 0 aliphatic rings. The van der Waals surface area contributed by atoms with E-state index in [1.807, 2.05) is 43.3 Å². The van der Waals surface area contributed by atoms with Gasteiger partial charge in [0.25, 0.3) is 5.91 Å². The molecule has 176 valence electrons. The summed E-state index contributed by atoms with van der Waals surface area (Å²) in [4.78, 5) is 18.2. The molecule has 0 bridgehead atoms. The SMILES string of the molecule is CCNC(=NCc1ccc(C(=O)N(C)C)cc1)NCCCc1ccc(OC)c(OC)c1.I. The second-order valence-electron chi connectivity index (χ2n) is 7.31. The molecule has 0 spiro atoms. The van der Waals surface area contributed by atoms with Crippen molar-refractivity contribution in [3.63, 3.8) is 0 Å². The third kappa shape index (κ3) is 8.57. The highest BCUT2D eigenvalue weighted by Gasteiger charge is 2.07. The van der Waals surface area contributed by atoms with Gasteiger partial charge in [-0.1, -0.05) is 18.2 Å². The van der Waals surface area contributed by atoms with Gasteiger partial charge in [0.2, 0.25) is 0 Å². The minimum atomic E-state index is -0.000429. The van der Waals surface area contributed by atoms with Gasteiger partial charge < -0.3 is 25.0 Å². The van der Waals surface area contributed by atoms with Crippen LogP contribution in [-0.2, 0) is 13.0 Å². The van der Waals surface area contributed by atoms with Crippen LogP contribution in [0, 0.1) is 0 Å². The maximum atomic E-state index is 12.0. The Balaban J connectivity index is 0.00000512. The second kappa shape index (κ2) is 14.5. The fourth-order valence-electron chi connectivity index (χ4n) is 3.06. The molecule has 32 heavy (non-hydrogen) atoms. The van der Waals surface area contributed by atoms with E-state index in [1.54, 1.807) is 33.2 Å². The maximum Gasteiger partial charge on any atom is 0.253 e. The van der Waals surface area contributed by atoms with Crippen LogP contribution in [0.25, 0.3) is 0 Å². The molecule has 0 aliphatic carbocycles. The van der Waals surface area contributed by atoms with Crippen LogP contribution in [0.5, 0.6) is 11.5 Å². The number of aryl methyl sites for hydroxylation is 1. The lowest BCUT2D eigenvalue weighted by atomic mass is 10.1. The Morgan fingerprint density at radius 1 is 0.969 bits per heavy atom. The first-order valence-corrected chi connectivity index (χ1v) is 10.5. The topological polar surface area (TPSA) is 75.2 Å². The van der Waals surface area contributed by atoms with Crippen LogP contribution in [0.2, 0.25) is 0 Å². The quantitative estimate of drug-likeness (QED) is 0.203. The summed E-state index contributed by atoms with van der Waals surface area (Å²) >= 11 is 0. The van der Waals surface area contributed by atoms with E-state index in [2.05, 4.69) is 21.7 Å². The molecule has 2 N–H and O–H groups in total. The van der Waals surface area contributed by atoms with Gasteiger partial charge in [0, 0.05) is 32.7 Å². The van der Waals surface area contributed by atoms with Gasteiger partial charge in [-0.2, -0.15) is 0 Å². The Morgan fingerprint density at radius 3 is 2.22 bits per heavy atom. The smallest absolute Gasteiger partial charge is 0.253 e. The molecule has 2 aromatic carbocycles. The fraction of sp³-hybridized carbons (Fsp3) is 0.417. The van der Waals surface area contributed by atoms with Crippen LogP contribution in [0.1, 0.15) is 34.8 Å². The van der Waals surface area contributed by atoms with Crippen LogP contribution >= 0.6 is 24.0 Å². The number of methoxy groups -OCH3 is 2. The lowest BCUT2D eigenvalue weighted by Gasteiger charge is -2.13. The number of hydrogen-bond acceptors (Lipinski definition) is 4. The molecule has 2 aromatic rings.